The van der Waals surface area contributed by atoms with E-state index in [0.717, 1.165) is 5.56 Å². The van der Waals surface area contributed by atoms with Gasteiger partial charge in [-0.2, -0.15) is 0 Å². The molecule has 0 saturated heterocycles. The number of amides is 1. The number of aromatic nitrogens is 2. The van der Waals surface area contributed by atoms with Gasteiger partial charge in [0.1, 0.15) is 6.54 Å². The van der Waals surface area contributed by atoms with Crippen molar-refractivity contribution < 1.29 is 19.1 Å². The Morgan fingerprint density at radius 1 is 1.20 bits per heavy atom. The Kier molecular flexibility index (Phi) is 6.63. The van der Waals surface area contributed by atoms with Crippen LogP contribution < -0.4 is 15.5 Å². The first-order valence-electron chi connectivity index (χ1n) is 9.08. The fourth-order valence-electron chi connectivity index (χ4n) is 2.85. The number of carbonyl (C=O) groups excluding carboxylic acids is 2. The van der Waals surface area contributed by atoms with Crippen LogP contribution in [0.5, 0.6) is 5.75 Å². The number of hydrogen-bond acceptors (Lipinski definition) is 7. The number of nitrogens with one attached hydrogen (secondary N) is 1. The van der Waals surface area contributed by atoms with Gasteiger partial charge in [-0.15, -0.1) is 11.3 Å². The summed E-state index contributed by atoms with van der Waals surface area (Å²) in [5.74, 6) is -0.750. The maximum absolute atomic E-state index is 12.5. The summed E-state index contributed by atoms with van der Waals surface area (Å²) >= 11 is 1.22. The minimum Gasteiger partial charge on any atom is -0.491 e. The summed E-state index contributed by atoms with van der Waals surface area (Å²) in [6, 6.07) is 11.0. The van der Waals surface area contributed by atoms with Gasteiger partial charge in [-0.1, -0.05) is 30.3 Å². The monoisotopic (exact) mass is 427 g/mol. The molecule has 0 spiro atoms. The molecule has 0 aliphatic heterocycles. The van der Waals surface area contributed by atoms with Crippen molar-refractivity contribution in [2.24, 2.45) is 0 Å². The van der Waals surface area contributed by atoms with Crippen LogP contribution in [0.2, 0.25) is 0 Å². The molecule has 0 bridgehead atoms. The van der Waals surface area contributed by atoms with Gasteiger partial charge in [0.05, 0.1) is 20.4 Å². The van der Waals surface area contributed by atoms with Crippen molar-refractivity contribution in [1.29, 1.82) is 0 Å². The molecule has 9 heteroatoms. The lowest BCUT2D eigenvalue weighted by Gasteiger charge is -2.11. The van der Waals surface area contributed by atoms with E-state index in [1.807, 2.05) is 30.3 Å². The van der Waals surface area contributed by atoms with E-state index in [1.54, 1.807) is 11.5 Å². The Bertz CT molecular complexity index is 1120. The van der Waals surface area contributed by atoms with Gasteiger partial charge in [0.2, 0.25) is 11.3 Å². The van der Waals surface area contributed by atoms with Crippen LogP contribution in [-0.2, 0) is 22.5 Å². The second kappa shape index (κ2) is 9.36. The molecule has 3 aromatic rings. The standard InChI is InChI=1S/C21H21N3O5S/c1-13-9-15(25)16(28-2)11-24(13)12-18(26)22-21-23-19(20(27)29-3)17(30-21)10-14-7-5-4-6-8-14/h4-9,11H,10,12H2,1-3H3,(H,22,23,26). The predicted octanol–water partition coefficient (Wildman–Crippen LogP) is 2.64. The number of aryl methyl sites for hydroxylation is 1. The minimum atomic E-state index is -0.557. The highest BCUT2D eigenvalue weighted by Gasteiger charge is 2.20. The maximum Gasteiger partial charge on any atom is 0.357 e. The van der Waals surface area contributed by atoms with E-state index in [0.29, 0.717) is 22.1 Å². The zero-order chi connectivity index (χ0) is 21.7. The summed E-state index contributed by atoms with van der Waals surface area (Å²) in [7, 11) is 2.69. The van der Waals surface area contributed by atoms with E-state index in [-0.39, 0.29) is 29.3 Å². The molecule has 0 saturated carbocycles. The van der Waals surface area contributed by atoms with Crippen LogP contribution >= 0.6 is 11.3 Å². The predicted molar refractivity (Wildman–Crippen MR) is 113 cm³/mol. The Morgan fingerprint density at radius 2 is 1.93 bits per heavy atom. The van der Waals surface area contributed by atoms with Crippen LogP contribution in [0.4, 0.5) is 5.13 Å². The summed E-state index contributed by atoms with van der Waals surface area (Å²) in [6.07, 6.45) is 1.98. The van der Waals surface area contributed by atoms with Crippen molar-refractivity contribution in [2.45, 2.75) is 19.9 Å². The molecule has 0 unspecified atom stereocenters. The van der Waals surface area contributed by atoms with Crippen LogP contribution in [0.1, 0.15) is 26.6 Å². The number of rotatable bonds is 7. The fraction of sp³-hybridized carbons (Fsp3) is 0.238. The third-order valence-electron chi connectivity index (χ3n) is 4.37. The third-order valence-corrected chi connectivity index (χ3v) is 5.34. The summed E-state index contributed by atoms with van der Waals surface area (Å²) < 4.78 is 11.5. The van der Waals surface area contributed by atoms with Crippen LogP contribution in [-0.4, -0.2) is 35.6 Å². The number of benzene rings is 1. The lowest BCUT2D eigenvalue weighted by Crippen LogP contribution is -2.22. The van der Waals surface area contributed by atoms with Gasteiger partial charge in [-0.3, -0.25) is 9.59 Å². The summed E-state index contributed by atoms with van der Waals surface area (Å²) in [6.45, 7) is 1.69. The molecule has 8 nitrogen and oxygen atoms in total. The number of carbonyl (C=O) groups is 2. The Labute approximate surface area is 177 Å². The van der Waals surface area contributed by atoms with Crippen molar-refractivity contribution in [3.63, 3.8) is 0 Å². The molecule has 3 rings (SSSR count). The van der Waals surface area contributed by atoms with E-state index < -0.39 is 5.97 Å². The molecule has 0 atom stereocenters. The molecule has 0 aliphatic carbocycles. The quantitative estimate of drug-likeness (QED) is 0.582. The smallest absolute Gasteiger partial charge is 0.357 e. The Balaban J connectivity index is 1.80. The highest BCUT2D eigenvalue weighted by atomic mass is 32.1. The van der Waals surface area contributed by atoms with Gasteiger partial charge in [0.25, 0.3) is 0 Å². The molecule has 0 aliphatic rings. The zero-order valence-electron chi connectivity index (χ0n) is 16.8. The van der Waals surface area contributed by atoms with Crippen molar-refractivity contribution in [3.05, 3.63) is 74.6 Å². The van der Waals surface area contributed by atoms with Crippen LogP contribution in [0.3, 0.4) is 0 Å². The first kappa shape index (κ1) is 21.3. The van der Waals surface area contributed by atoms with Gasteiger partial charge in [-0.05, 0) is 12.5 Å². The van der Waals surface area contributed by atoms with Crippen LogP contribution in [0, 0.1) is 6.92 Å². The molecule has 156 valence electrons. The maximum atomic E-state index is 12.5. The van der Waals surface area contributed by atoms with E-state index >= 15 is 0 Å². The van der Waals surface area contributed by atoms with Crippen molar-refractivity contribution in [1.82, 2.24) is 9.55 Å². The van der Waals surface area contributed by atoms with Crippen molar-refractivity contribution >= 4 is 28.3 Å². The molecule has 1 amide bonds. The topological polar surface area (TPSA) is 99.5 Å². The molecular formula is C21H21N3O5S. The van der Waals surface area contributed by atoms with E-state index in [2.05, 4.69) is 10.3 Å². The fourth-order valence-corrected chi connectivity index (χ4v) is 3.85. The number of thiazole rings is 1. The first-order valence-corrected chi connectivity index (χ1v) is 9.89. The second-order valence-electron chi connectivity index (χ2n) is 6.47. The molecule has 1 N–H and O–H groups in total. The highest BCUT2D eigenvalue weighted by molar-refractivity contribution is 7.16. The number of anilines is 1. The minimum absolute atomic E-state index is 0.0381. The van der Waals surface area contributed by atoms with Gasteiger partial charge < -0.3 is 19.4 Å². The average Bonchev–Trinajstić information content (AvgIpc) is 3.12. The highest BCUT2D eigenvalue weighted by Crippen LogP contribution is 2.26. The number of esters is 1. The number of pyridine rings is 1. The Hall–Kier alpha value is -3.46. The van der Waals surface area contributed by atoms with Gasteiger partial charge in [0, 0.05) is 23.1 Å². The first-order chi connectivity index (χ1) is 14.4. The SMILES string of the molecule is COC(=O)c1nc(NC(=O)Cn2cc(OC)c(=O)cc2C)sc1Cc1ccccc1. The summed E-state index contributed by atoms with van der Waals surface area (Å²) in [5, 5.41) is 3.02. The Morgan fingerprint density at radius 3 is 2.60 bits per heavy atom. The van der Waals surface area contributed by atoms with E-state index in [1.165, 1.54) is 37.8 Å². The van der Waals surface area contributed by atoms with E-state index in [9.17, 15) is 14.4 Å². The molecule has 2 heterocycles. The van der Waals surface area contributed by atoms with Crippen molar-refractivity contribution in [3.8, 4) is 5.75 Å². The molecular weight excluding hydrogens is 406 g/mol. The molecule has 1 aromatic carbocycles. The number of methoxy groups -OCH3 is 2. The van der Waals surface area contributed by atoms with Gasteiger partial charge >= 0.3 is 5.97 Å². The lowest BCUT2D eigenvalue weighted by atomic mass is 10.1. The van der Waals surface area contributed by atoms with Crippen LogP contribution in [0.25, 0.3) is 0 Å². The normalized spacial score (nSPS) is 10.5. The number of hydrogen-bond donors (Lipinski definition) is 1. The largest absolute Gasteiger partial charge is 0.491 e. The summed E-state index contributed by atoms with van der Waals surface area (Å²) in [5.41, 5.74) is 1.57. The second-order valence-corrected chi connectivity index (χ2v) is 7.55. The van der Waals surface area contributed by atoms with Gasteiger partial charge in [0.15, 0.2) is 16.6 Å². The zero-order valence-corrected chi connectivity index (χ0v) is 17.6. The average molecular weight is 427 g/mol. The van der Waals surface area contributed by atoms with Crippen molar-refractivity contribution in [2.75, 3.05) is 19.5 Å². The van der Waals surface area contributed by atoms with Crippen LogP contribution in [0.15, 0.2) is 47.4 Å². The summed E-state index contributed by atoms with van der Waals surface area (Å²) in [4.78, 5) is 41.4. The number of nitrogens with zero attached hydrogens (tertiary/aromatic N) is 2. The molecule has 0 fully saturated rings. The number of ether oxygens (including phenoxy) is 2. The molecule has 2 aromatic heterocycles. The lowest BCUT2D eigenvalue weighted by molar-refractivity contribution is -0.116. The molecule has 30 heavy (non-hydrogen) atoms. The molecule has 0 radical (unpaired) electrons. The third kappa shape index (κ3) is 4.93. The van der Waals surface area contributed by atoms with E-state index in [4.69, 9.17) is 9.47 Å². The van der Waals surface area contributed by atoms with Gasteiger partial charge in [-0.25, -0.2) is 9.78 Å².